The minimum absolute atomic E-state index is 0.0434. The number of aliphatic hydroxyl groups is 2. The lowest BCUT2D eigenvalue weighted by atomic mass is 9.94. The highest BCUT2D eigenvalue weighted by Crippen LogP contribution is 2.19. The van der Waals surface area contributed by atoms with Crippen LogP contribution in [0.1, 0.15) is 22.3 Å². The van der Waals surface area contributed by atoms with E-state index in [1.54, 1.807) is 22.0 Å². The molecule has 1 fully saturated rings. The van der Waals surface area contributed by atoms with E-state index in [2.05, 4.69) is 5.10 Å². The standard InChI is InChI=1S/C17H21N3O3/c21-12-14-6-7-19(11-16(14)22)17(23)15-8-18-20(10-15)9-13-4-2-1-3-5-13/h1-5,8,10,14,16,21-22H,6-7,9,11-12H2/t14-,16+/m0/s1. The number of hydrogen-bond acceptors (Lipinski definition) is 4. The van der Waals surface area contributed by atoms with Crippen LogP contribution in [0.3, 0.4) is 0 Å². The van der Waals surface area contributed by atoms with E-state index in [1.807, 2.05) is 30.3 Å². The summed E-state index contributed by atoms with van der Waals surface area (Å²) in [4.78, 5) is 14.1. The molecule has 0 aliphatic carbocycles. The van der Waals surface area contributed by atoms with Gasteiger partial charge in [-0.05, 0) is 12.0 Å². The number of benzene rings is 1. The van der Waals surface area contributed by atoms with Gasteiger partial charge in [-0.2, -0.15) is 5.10 Å². The quantitative estimate of drug-likeness (QED) is 0.872. The normalized spacial score (nSPS) is 21.4. The monoisotopic (exact) mass is 315 g/mol. The molecule has 6 nitrogen and oxygen atoms in total. The maximum absolute atomic E-state index is 12.5. The maximum atomic E-state index is 12.5. The number of aromatic nitrogens is 2. The highest BCUT2D eigenvalue weighted by Gasteiger charge is 2.30. The molecule has 0 bridgehead atoms. The van der Waals surface area contributed by atoms with Crippen LogP contribution in [0.2, 0.25) is 0 Å². The fraction of sp³-hybridized carbons (Fsp3) is 0.412. The Morgan fingerprint density at radius 3 is 2.78 bits per heavy atom. The van der Waals surface area contributed by atoms with Crippen molar-refractivity contribution in [3.63, 3.8) is 0 Å². The van der Waals surface area contributed by atoms with Crippen LogP contribution in [-0.2, 0) is 6.54 Å². The predicted octanol–water partition coefficient (Wildman–Crippen LogP) is 0.747. The third kappa shape index (κ3) is 3.60. The van der Waals surface area contributed by atoms with Crippen LogP contribution in [0, 0.1) is 5.92 Å². The fourth-order valence-corrected chi connectivity index (χ4v) is 2.89. The van der Waals surface area contributed by atoms with Gasteiger partial charge in [0, 0.05) is 31.8 Å². The molecule has 2 N–H and O–H groups in total. The lowest BCUT2D eigenvalue weighted by Gasteiger charge is -2.34. The van der Waals surface area contributed by atoms with Gasteiger partial charge in [0.2, 0.25) is 0 Å². The van der Waals surface area contributed by atoms with Gasteiger partial charge in [0.15, 0.2) is 0 Å². The largest absolute Gasteiger partial charge is 0.396 e. The summed E-state index contributed by atoms with van der Waals surface area (Å²) in [6, 6.07) is 9.93. The molecule has 122 valence electrons. The van der Waals surface area contributed by atoms with E-state index in [9.17, 15) is 15.0 Å². The first-order valence-electron chi connectivity index (χ1n) is 7.82. The second kappa shape index (κ2) is 6.93. The number of nitrogens with zero attached hydrogens (tertiary/aromatic N) is 3. The van der Waals surface area contributed by atoms with Gasteiger partial charge in [0.25, 0.3) is 5.91 Å². The summed E-state index contributed by atoms with van der Waals surface area (Å²) in [6.07, 6.45) is 3.24. The molecule has 0 unspecified atom stereocenters. The van der Waals surface area contributed by atoms with Crippen molar-refractivity contribution in [1.29, 1.82) is 0 Å². The summed E-state index contributed by atoms with van der Waals surface area (Å²) >= 11 is 0. The van der Waals surface area contributed by atoms with E-state index in [0.717, 1.165) is 5.56 Å². The first-order valence-corrected chi connectivity index (χ1v) is 7.82. The zero-order valence-electron chi connectivity index (χ0n) is 12.9. The minimum atomic E-state index is -0.669. The summed E-state index contributed by atoms with van der Waals surface area (Å²) in [6.45, 7) is 1.38. The molecule has 23 heavy (non-hydrogen) atoms. The molecule has 0 saturated carbocycles. The van der Waals surface area contributed by atoms with Crippen molar-refractivity contribution in [2.75, 3.05) is 19.7 Å². The smallest absolute Gasteiger partial charge is 0.257 e. The summed E-state index contributed by atoms with van der Waals surface area (Å²) in [5, 5.41) is 23.4. The molecule has 0 spiro atoms. The Labute approximate surface area is 135 Å². The van der Waals surface area contributed by atoms with Crippen LogP contribution in [-0.4, -0.2) is 56.6 Å². The number of amides is 1. The molecular formula is C17H21N3O3. The van der Waals surface area contributed by atoms with E-state index in [1.165, 1.54) is 0 Å². The Hall–Kier alpha value is -2.18. The highest BCUT2D eigenvalue weighted by molar-refractivity contribution is 5.93. The molecule has 2 heterocycles. The molecule has 0 radical (unpaired) electrons. The number of hydrogen-bond donors (Lipinski definition) is 2. The fourth-order valence-electron chi connectivity index (χ4n) is 2.89. The van der Waals surface area contributed by atoms with Crippen LogP contribution < -0.4 is 0 Å². The zero-order chi connectivity index (χ0) is 16.2. The Morgan fingerprint density at radius 1 is 1.30 bits per heavy atom. The van der Waals surface area contributed by atoms with Crippen molar-refractivity contribution in [2.45, 2.75) is 19.1 Å². The van der Waals surface area contributed by atoms with Crippen molar-refractivity contribution in [2.24, 2.45) is 5.92 Å². The second-order valence-corrected chi connectivity index (χ2v) is 5.96. The lowest BCUT2D eigenvalue weighted by molar-refractivity contribution is 0.000873. The number of rotatable bonds is 4. The van der Waals surface area contributed by atoms with Crippen LogP contribution in [0.5, 0.6) is 0 Å². The zero-order valence-corrected chi connectivity index (χ0v) is 12.9. The van der Waals surface area contributed by atoms with Crippen molar-refractivity contribution >= 4 is 5.91 Å². The van der Waals surface area contributed by atoms with Gasteiger partial charge >= 0.3 is 0 Å². The first-order chi connectivity index (χ1) is 11.2. The van der Waals surface area contributed by atoms with Gasteiger partial charge in [-0.25, -0.2) is 0 Å². The molecule has 1 aromatic heterocycles. The maximum Gasteiger partial charge on any atom is 0.257 e. The number of aliphatic hydroxyl groups excluding tert-OH is 2. The Morgan fingerprint density at radius 2 is 2.09 bits per heavy atom. The van der Waals surface area contributed by atoms with Crippen molar-refractivity contribution in [3.8, 4) is 0 Å². The molecule has 1 aliphatic heterocycles. The van der Waals surface area contributed by atoms with Gasteiger partial charge in [-0.3, -0.25) is 9.48 Å². The number of carbonyl (C=O) groups is 1. The van der Waals surface area contributed by atoms with Crippen molar-refractivity contribution in [1.82, 2.24) is 14.7 Å². The van der Waals surface area contributed by atoms with E-state index in [0.29, 0.717) is 25.1 Å². The number of carbonyl (C=O) groups excluding carboxylic acids is 1. The van der Waals surface area contributed by atoms with Crippen molar-refractivity contribution < 1.29 is 15.0 Å². The van der Waals surface area contributed by atoms with Gasteiger partial charge < -0.3 is 15.1 Å². The molecule has 1 saturated heterocycles. The predicted molar refractivity (Wildman–Crippen MR) is 84.9 cm³/mol. The molecule has 2 atom stereocenters. The summed E-state index contributed by atoms with van der Waals surface area (Å²) in [7, 11) is 0. The van der Waals surface area contributed by atoms with Crippen LogP contribution in [0.4, 0.5) is 0 Å². The summed E-state index contributed by atoms with van der Waals surface area (Å²) in [5.74, 6) is -0.264. The average Bonchev–Trinajstić information content (AvgIpc) is 3.03. The van der Waals surface area contributed by atoms with E-state index in [-0.39, 0.29) is 25.0 Å². The van der Waals surface area contributed by atoms with E-state index < -0.39 is 6.10 Å². The summed E-state index contributed by atoms with van der Waals surface area (Å²) in [5.41, 5.74) is 1.64. The number of piperidine rings is 1. The SMILES string of the molecule is O=C(c1cnn(Cc2ccccc2)c1)N1CC[C@@H](CO)[C@H](O)C1. The minimum Gasteiger partial charge on any atom is -0.396 e. The average molecular weight is 315 g/mol. The van der Waals surface area contributed by atoms with E-state index >= 15 is 0 Å². The topological polar surface area (TPSA) is 78.6 Å². The molecular weight excluding hydrogens is 294 g/mol. The van der Waals surface area contributed by atoms with Gasteiger partial charge in [0.1, 0.15) is 0 Å². The molecule has 3 rings (SSSR count). The van der Waals surface area contributed by atoms with E-state index in [4.69, 9.17) is 0 Å². The third-order valence-corrected chi connectivity index (χ3v) is 4.31. The summed E-state index contributed by atoms with van der Waals surface area (Å²) < 4.78 is 1.74. The van der Waals surface area contributed by atoms with Crippen molar-refractivity contribution in [3.05, 3.63) is 53.9 Å². The third-order valence-electron chi connectivity index (χ3n) is 4.31. The second-order valence-electron chi connectivity index (χ2n) is 5.96. The van der Waals surface area contributed by atoms with Crippen LogP contribution in [0.25, 0.3) is 0 Å². The van der Waals surface area contributed by atoms with Gasteiger partial charge in [-0.15, -0.1) is 0 Å². The molecule has 1 amide bonds. The lowest BCUT2D eigenvalue weighted by Crippen LogP contribution is -2.47. The molecule has 1 aromatic carbocycles. The van der Waals surface area contributed by atoms with Crippen LogP contribution in [0.15, 0.2) is 42.7 Å². The molecule has 2 aromatic rings. The van der Waals surface area contributed by atoms with Gasteiger partial charge in [0.05, 0.1) is 24.4 Å². The Bertz CT molecular complexity index is 656. The Kier molecular flexibility index (Phi) is 4.73. The van der Waals surface area contributed by atoms with Crippen LogP contribution >= 0.6 is 0 Å². The number of β-amino-alcohol motifs (C(OH)–C–C–N with tert-alkyl or cyclic N) is 1. The highest BCUT2D eigenvalue weighted by atomic mass is 16.3. The number of likely N-dealkylation sites (tertiary alicyclic amines) is 1. The first kappa shape index (κ1) is 15.7. The van der Waals surface area contributed by atoms with Gasteiger partial charge in [-0.1, -0.05) is 30.3 Å². The molecule has 1 aliphatic rings. The Balaban J connectivity index is 1.65. The molecule has 6 heteroatoms.